The van der Waals surface area contributed by atoms with E-state index in [1.165, 1.54) is 17.0 Å². The molecule has 1 N–H and O–H groups in total. The number of fused-ring (bicyclic) bond motifs is 1. The molecule has 0 unspecified atom stereocenters. The van der Waals surface area contributed by atoms with E-state index in [1.807, 2.05) is 30.3 Å². The van der Waals surface area contributed by atoms with E-state index in [0.717, 1.165) is 9.87 Å². The molecule has 1 atom stereocenters. The molecule has 0 aliphatic carbocycles. The van der Waals surface area contributed by atoms with Crippen molar-refractivity contribution in [2.75, 3.05) is 18.0 Å². The van der Waals surface area contributed by atoms with Gasteiger partial charge in [0.2, 0.25) is 15.9 Å². The van der Waals surface area contributed by atoms with E-state index >= 15 is 0 Å². The van der Waals surface area contributed by atoms with Gasteiger partial charge >= 0.3 is 0 Å². The summed E-state index contributed by atoms with van der Waals surface area (Å²) in [5, 5.41) is 3.44. The summed E-state index contributed by atoms with van der Waals surface area (Å²) < 4.78 is 35.5. The van der Waals surface area contributed by atoms with Crippen LogP contribution < -0.4 is 15.0 Å². The molecule has 12 heteroatoms. The van der Waals surface area contributed by atoms with Crippen LogP contribution in [0, 0.1) is 0 Å². The molecule has 0 bridgehead atoms. The Labute approximate surface area is 268 Å². The predicted molar refractivity (Wildman–Crippen MR) is 170 cm³/mol. The van der Waals surface area contributed by atoms with Crippen molar-refractivity contribution in [3.63, 3.8) is 0 Å². The Kier molecular flexibility index (Phi) is 9.73. The minimum Gasteiger partial charge on any atom is -0.477 e. The molecule has 0 fully saturated rings. The average molecular weight is 703 g/mol. The highest BCUT2D eigenvalue weighted by Gasteiger charge is 2.36. The standard InChI is InChI=1S/C31H26BrCl2N3O5S/c32-23-11-13-24(14-12-23)43(40,41)36(18-22-10-15-25(33)26(34)16-22)20-30(38)37-19-29(42-28-9-5-4-8-27(28)37)31(39)35-17-21-6-2-1-3-7-21/h1-16,29H,17-20H2,(H,35,39)/t29-/m1/s1. The summed E-state index contributed by atoms with van der Waals surface area (Å²) in [6, 6.07) is 27.2. The SMILES string of the molecule is O=C(NCc1ccccc1)[C@H]1CN(C(=O)CN(Cc2ccc(Cl)c(Cl)c2)S(=O)(=O)c2ccc(Br)cc2)c2ccccc2O1. The topological polar surface area (TPSA) is 96.0 Å². The number of hydrogen-bond acceptors (Lipinski definition) is 5. The summed E-state index contributed by atoms with van der Waals surface area (Å²) >= 11 is 15.6. The van der Waals surface area contributed by atoms with Gasteiger partial charge in [-0.3, -0.25) is 9.59 Å². The van der Waals surface area contributed by atoms with Crippen LogP contribution in [0.25, 0.3) is 0 Å². The summed E-state index contributed by atoms with van der Waals surface area (Å²) in [4.78, 5) is 28.5. The highest BCUT2D eigenvalue weighted by molar-refractivity contribution is 9.10. The van der Waals surface area contributed by atoms with Crippen molar-refractivity contribution in [2.45, 2.75) is 24.1 Å². The molecule has 43 heavy (non-hydrogen) atoms. The van der Waals surface area contributed by atoms with Crippen LogP contribution in [0.15, 0.2) is 106 Å². The van der Waals surface area contributed by atoms with E-state index in [0.29, 0.717) is 26.5 Å². The Morgan fingerprint density at radius 2 is 1.60 bits per heavy atom. The Morgan fingerprint density at radius 3 is 2.33 bits per heavy atom. The normalized spacial score (nSPS) is 14.6. The van der Waals surface area contributed by atoms with E-state index in [9.17, 15) is 18.0 Å². The van der Waals surface area contributed by atoms with E-state index in [2.05, 4.69) is 21.2 Å². The van der Waals surface area contributed by atoms with Crippen molar-refractivity contribution in [1.29, 1.82) is 0 Å². The summed E-state index contributed by atoms with van der Waals surface area (Å²) in [7, 11) is -4.14. The van der Waals surface area contributed by atoms with Crippen LogP contribution in [0.2, 0.25) is 10.0 Å². The van der Waals surface area contributed by atoms with Gasteiger partial charge in [-0.05, 0) is 59.7 Å². The van der Waals surface area contributed by atoms with Crippen LogP contribution in [0.3, 0.4) is 0 Å². The molecule has 1 aliphatic heterocycles. The summed E-state index contributed by atoms with van der Waals surface area (Å²) in [5.74, 6) is -0.586. The number of sulfonamides is 1. The van der Waals surface area contributed by atoms with Gasteiger partial charge in [0, 0.05) is 17.6 Å². The lowest BCUT2D eigenvalue weighted by Crippen LogP contribution is -2.52. The van der Waals surface area contributed by atoms with Gasteiger partial charge in [-0.15, -0.1) is 0 Å². The van der Waals surface area contributed by atoms with Crippen molar-refractivity contribution in [3.05, 3.63) is 123 Å². The highest BCUT2D eigenvalue weighted by atomic mass is 79.9. The number of anilines is 1. The first-order valence-electron chi connectivity index (χ1n) is 13.2. The lowest BCUT2D eigenvalue weighted by molar-refractivity contribution is -0.128. The fourth-order valence-corrected chi connectivity index (χ4v) is 6.53. The van der Waals surface area contributed by atoms with Crippen molar-refractivity contribution in [3.8, 4) is 5.75 Å². The molecule has 8 nitrogen and oxygen atoms in total. The number of rotatable bonds is 9. The Balaban J connectivity index is 1.42. The minimum absolute atomic E-state index is 0.0177. The lowest BCUT2D eigenvalue weighted by Gasteiger charge is -2.35. The van der Waals surface area contributed by atoms with Crippen LogP contribution in [-0.2, 0) is 32.7 Å². The first-order chi connectivity index (χ1) is 20.6. The van der Waals surface area contributed by atoms with Gasteiger partial charge in [0.05, 0.1) is 33.7 Å². The van der Waals surface area contributed by atoms with Crippen molar-refractivity contribution >= 4 is 66.7 Å². The number of ether oxygens (including phenoxy) is 1. The fraction of sp³-hybridized carbons (Fsp3) is 0.161. The molecule has 0 radical (unpaired) electrons. The predicted octanol–water partition coefficient (Wildman–Crippen LogP) is 6.06. The molecule has 5 rings (SSSR count). The summed E-state index contributed by atoms with van der Waals surface area (Å²) in [6.45, 7) is -0.466. The third-order valence-corrected chi connectivity index (χ3v) is 9.86. The van der Waals surface area contributed by atoms with Gasteiger partial charge in [-0.1, -0.05) is 87.7 Å². The number of amides is 2. The average Bonchev–Trinajstić information content (AvgIpc) is 3.01. The summed E-state index contributed by atoms with van der Waals surface area (Å²) in [6.07, 6.45) is -1.01. The van der Waals surface area contributed by atoms with Gasteiger partial charge < -0.3 is 15.0 Å². The molecule has 0 spiro atoms. The number of nitrogens with one attached hydrogen (secondary N) is 1. The Morgan fingerprint density at radius 1 is 0.907 bits per heavy atom. The van der Waals surface area contributed by atoms with Crippen molar-refractivity contribution in [2.24, 2.45) is 0 Å². The lowest BCUT2D eigenvalue weighted by atomic mass is 10.1. The zero-order valence-electron chi connectivity index (χ0n) is 22.6. The number of carbonyl (C=O) groups excluding carboxylic acids is 2. The molecule has 0 saturated heterocycles. The van der Waals surface area contributed by atoms with Gasteiger partial charge in [0.1, 0.15) is 5.75 Å². The minimum atomic E-state index is -4.14. The second-order valence-corrected chi connectivity index (χ2v) is 13.4. The Bertz CT molecular complexity index is 1740. The number of para-hydroxylation sites is 2. The third kappa shape index (κ3) is 7.39. The molecule has 4 aromatic carbocycles. The van der Waals surface area contributed by atoms with Crippen molar-refractivity contribution in [1.82, 2.24) is 9.62 Å². The summed E-state index contributed by atoms with van der Waals surface area (Å²) in [5.41, 5.74) is 1.90. The Hall–Kier alpha value is -3.41. The van der Waals surface area contributed by atoms with E-state index in [4.69, 9.17) is 27.9 Å². The van der Waals surface area contributed by atoms with Gasteiger partial charge in [-0.25, -0.2) is 8.42 Å². The first-order valence-corrected chi connectivity index (χ1v) is 16.2. The van der Waals surface area contributed by atoms with Gasteiger partial charge in [-0.2, -0.15) is 4.31 Å². The van der Waals surface area contributed by atoms with Crippen LogP contribution in [0.5, 0.6) is 5.75 Å². The quantitative estimate of drug-likeness (QED) is 0.229. The number of benzene rings is 4. The molecule has 2 amide bonds. The van der Waals surface area contributed by atoms with Crippen LogP contribution in [0.4, 0.5) is 5.69 Å². The maximum Gasteiger partial charge on any atom is 0.263 e. The smallest absolute Gasteiger partial charge is 0.263 e. The monoisotopic (exact) mass is 701 g/mol. The van der Waals surface area contributed by atoms with Crippen LogP contribution in [-0.4, -0.2) is 43.7 Å². The zero-order chi connectivity index (χ0) is 30.6. The molecule has 4 aromatic rings. The maximum atomic E-state index is 13.9. The van der Waals surface area contributed by atoms with Gasteiger partial charge in [0.25, 0.3) is 5.91 Å². The third-order valence-electron chi connectivity index (χ3n) is 6.78. The first kappa shape index (κ1) is 31.0. The van der Waals surface area contributed by atoms with Crippen LogP contribution >= 0.6 is 39.1 Å². The second kappa shape index (κ2) is 13.5. The molecule has 0 aromatic heterocycles. The highest BCUT2D eigenvalue weighted by Crippen LogP contribution is 2.34. The number of halogens is 3. The van der Waals surface area contributed by atoms with E-state index in [-0.39, 0.29) is 29.6 Å². The number of nitrogens with zero attached hydrogens (tertiary/aromatic N) is 2. The molecule has 0 saturated carbocycles. The molecule has 222 valence electrons. The fourth-order valence-electron chi connectivity index (χ4n) is 4.57. The second-order valence-electron chi connectivity index (χ2n) is 9.76. The van der Waals surface area contributed by atoms with E-state index < -0.39 is 34.5 Å². The maximum absolute atomic E-state index is 13.9. The molecule has 1 heterocycles. The van der Waals surface area contributed by atoms with Crippen LogP contribution in [0.1, 0.15) is 11.1 Å². The number of hydrogen-bond donors (Lipinski definition) is 1. The van der Waals surface area contributed by atoms with Crippen molar-refractivity contribution < 1.29 is 22.7 Å². The van der Waals surface area contributed by atoms with Gasteiger partial charge in [0.15, 0.2) is 6.10 Å². The zero-order valence-corrected chi connectivity index (χ0v) is 26.5. The number of carbonyl (C=O) groups is 2. The van der Waals surface area contributed by atoms with E-state index in [1.54, 1.807) is 54.6 Å². The largest absolute Gasteiger partial charge is 0.477 e. The molecular formula is C31H26BrCl2N3O5S. The molecule has 1 aliphatic rings. The molecular weight excluding hydrogens is 677 g/mol.